The highest BCUT2D eigenvalue weighted by atomic mass is 35.5. The number of nitrogens with zero attached hydrogens (tertiary/aromatic N) is 1. The van der Waals surface area contributed by atoms with Crippen LogP contribution in [0.25, 0.3) is 17.4 Å². The summed E-state index contributed by atoms with van der Waals surface area (Å²) in [6.45, 7) is 0. The molecule has 134 valence electrons. The standard InChI is InChI=1S/C20H11Cl2NO2S2/c21-12-6-8-16(22)15(10-12)17-9-7-14(25-17)11-18-19(24)23(20(26)27-18)13-4-2-1-3-5-13/h1-11H/b18-11+. The Morgan fingerprint density at radius 2 is 1.81 bits per heavy atom. The van der Waals surface area contributed by atoms with Gasteiger partial charge in [-0.25, -0.2) is 0 Å². The third-order valence-corrected chi connectivity index (χ3v) is 5.77. The normalized spacial score (nSPS) is 15.8. The average Bonchev–Trinajstić information content (AvgIpc) is 3.23. The van der Waals surface area contributed by atoms with Crippen LogP contribution in [-0.4, -0.2) is 10.2 Å². The van der Waals surface area contributed by atoms with Crippen molar-refractivity contribution in [2.75, 3.05) is 4.90 Å². The molecule has 2 heterocycles. The summed E-state index contributed by atoms with van der Waals surface area (Å²) in [5, 5.41) is 1.10. The molecule has 0 aliphatic carbocycles. The van der Waals surface area contributed by atoms with Crippen LogP contribution >= 0.6 is 47.2 Å². The maximum atomic E-state index is 12.8. The first-order valence-corrected chi connectivity index (χ1v) is 9.89. The molecule has 0 N–H and O–H groups in total. The van der Waals surface area contributed by atoms with Crippen LogP contribution in [0.1, 0.15) is 5.76 Å². The largest absolute Gasteiger partial charge is 0.457 e. The topological polar surface area (TPSA) is 33.5 Å². The average molecular weight is 432 g/mol. The third kappa shape index (κ3) is 3.69. The van der Waals surface area contributed by atoms with E-state index in [1.165, 1.54) is 16.7 Å². The third-order valence-electron chi connectivity index (χ3n) is 3.90. The molecule has 4 rings (SSSR count). The SMILES string of the molecule is O=C1/C(=C\c2ccc(-c3cc(Cl)ccc3Cl)o2)SC(=S)N1c1ccccc1. The zero-order chi connectivity index (χ0) is 19.0. The number of amides is 1. The minimum atomic E-state index is -0.171. The van der Waals surface area contributed by atoms with Gasteiger partial charge in [0.2, 0.25) is 0 Å². The van der Waals surface area contributed by atoms with E-state index < -0.39 is 0 Å². The number of furan rings is 1. The van der Waals surface area contributed by atoms with Crippen molar-refractivity contribution in [1.82, 2.24) is 0 Å². The van der Waals surface area contributed by atoms with Crippen molar-refractivity contribution in [3.05, 3.63) is 81.4 Å². The molecule has 1 fully saturated rings. The smallest absolute Gasteiger partial charge is 0.270 e. The first-order valence-electron chi connectivity index (χ1n) is 7.91. The molecule has 3 aromatic rings. The second-order valence-electron chi connectivity index (χ2n) is 5.68. The molecular formula is C20H11Cl2NO2S2. The van der Waals surface area contributed by atoms with Gasteiger partial charge < -0.3 is 4.42 Å². The predicted molar refractivity (Wildman–Crippen MR) is 116 cm³/mol. The van der Waals surface area contributed by atoms with Crippen molar-refractivity contribution >= 4 is 69.2 Å². The van der Waals surface area contributed by atoms with Crippen LogP contribution in [0.15, 0.2) is 70.0 Å². The lowest BCUT2D eigenvalue weighted by Gasteiger charge is -2.13. The summed E-state index contributed by atoms with van der Waals surface area (Å²) in [5.41, 5.74) is 1.44. The number of carbonyl (C=O) groups excluding carboxylic acids is 1. The Balaban J connectivity index is 1.63. The second-order valence-corrected chi connectivity index (χ2v) is 8.20. The van der Waals surface area contributed by atoms with Crippen molar-refractivity contribution in [2.24, 2.45) is 0 Å². The highest BCUT2D eigenvalue weighted by Crippen LogP contribution is 2.37. The van der Waals surface area contributed by atoms with Gasteiger partial charge in [0.25, 0.3) is 5.91 Å². The van der Waals surface area contributed by atoms with Crippen molar-refractivity contribution < 1.29 is 9.21 Å². The van der Waals surface area contributed by atoms with E-state index in [1.54, 1.807) is 36.4 Å². The Hall–Kier alpha value is -2.05. The van der Waals surface area contributed by atoms with Crippen LogP contribution in [0.3, 0.4) is 0 Å². The molecule has 3 nitrogen and oxygen atoms in total. The van der Waals surface area contributed by atoms with Gasteiger partial charge in [-0.3, -0.25) is 9.69 Å². The molecule has 1 aliphatic heterocycles. The van der Waals surface area contributed by atoms with Gasteiger partial charge in [0.1, 0.15) is 11.5 Å². The summed E-state index contributed by atoms with van der Waals surface area (Å²) in [4.78, 5) is 14.8. The van der Waals surface area contributed by atoms with E-state index in [-0.39, 0.29) is 5.91 Å². The molecule has 1 aliphatic rings. The molecule has 7 heteroatoms. The number of para-hydroxylation sites is 1. The van der Waals surface area contributed by atoms with Crippen LogP contribution in [0.2, 0.25) is 10.0 Å². The second kappa shape index (κ2) is 7.52. The molecule has 1 amide bonds. The Morgan fingerprint density at radius 3 is 2.59 bits per heavy atom. The summed E-state index contributed by atoms with van der Waals surface area (Å²) in [6, 6.07) is 18.1. The molecular weight excluding hydrogens is 421 g/mol. The van der Waals surface area contributed by atoms with Gasteiger partial charge in [0.15, 0.2) is 4.32 Å². The molecule has 0 radical (unpaired) electrons. The first kappa shape index (κ1) is 18.3. The Kier molecular flexibility index (Phi) is 5.10. The fourth-order valence-corrected chi connectivity index (χ4v) is 4.32. The fraction of sp³-hybridized carbons (Fsp3) is 0. The van der Waals surface area contributed by atoms with E-state index in [2.05, 4.69) is 0 Å². The monoisotopic (exact) mass is 431 g/mol. The highest BCUT2D eigenvalue weighted by Gasteiger charge is 2.33. The summed E-state index contributed by atoms with van der Waals surface area (Å²) in [5.74, 6) is 0.942. The van der Waals surface area contributed by atoms with Crippen molar-refractivity contribution in [2.45, 2.75) is 0 Å². The van der Waals surface area contributed by atoms with Gasteiger partial charge in [-0.1, -0.05) is 65.4 Å². The maximum Gasteiger partial charge on any atom is 0.270 e. The molecule has 0 atom stereocenters. The van der Waals surface area contributed by atoms with E-state index in [9.17, 15) is 4.79 Å². The van der Waals surface area contributed by atoms with Crippen LogP contribution in [0.5, 0.6) is 0 Å². The van der Waals surface area contributed by atoms with Crippen LogP contribution in [0, 0.1) is 0 Å². The summed E-state index contributed by atoms with van der Waals surface area (Å²) >= 11 is 18.9. The number of thioether (sulfide) groups is 1. The predicted octanol–water partition coefficient (Wildman–Crippen LogP) is 6.66. The maximum absolute atomic E-state index is 12.8. The molecule has 2 aromatic carbocycles. The molecule has 0 spiro atoms. The van der Waals surface area contributed by atoms with Crippen LogP contribution < -0.4 is 4.90 Å². The van der Waals surface area contributed by atoms with Gasteiger partial charge in [-0.15, -0.1) is 0 Å². The minimum absolute atomic E-state index is 0.171. The lowest BCUT2D eigenvalue weighted by molar-refractivity contribution is -0.113. The molecule has 0 bridgehead atoms. The molecule has 27 heavy (non-hydrogen) atoms. The van der Waals surface area contributed by atoms with E-state index >= 15 is 0 Å². The zero-order valence-corrected chi connectivity index (χ0v) is 16.8. The Labute approximate surface area is 175 Å². The number of benzene rings is 2. The van der Waals surface area contributed by atoms with Crippen molar-refractivity contribution in [3.8, 4) is 11.3 Å². The van der Waals surface area contributed by atoms with Crippen LogP contribution in [0.4, 0.5) is 5.69 Å². The quantitative estimate of drug-likeness (QED) is 0.342. The molecule has 1 saturated heterocycles. The number of rotatable bonds is 3. The zero-order valence-electron chi connectivity index (χ0n) is 13.7. The number of halogens is 2. The fourth-order valence-electron chi connectivity index (χ4n) is 2.66. The number of hydrogen-bond acceptors (Lipinski definition) is 4. The number of anilines is 1. The van der Waals surface area contributed by atoms with E-state index in [1.807, 2.05) is 30.3 Å². The van der Waals surface area contributed by atoms with E-state index in [0.29, 0.717) is 36.4 Å². The summed E-state index contributed by atoms with van der Waals surface area (Å²) < 4.78 is 6.33. The van der Waals surface area contributed by atoms with Crippen molar-refractivity contribution in [1.29, 1.82) is 0 Å². The molecule has 0 saturated carbocycles. The van der Waals surface area contributed by atoms with Gasteiger partial charge in [-0.05, 0) is 42.5 Å². The molecule has 0 unspecified atom stereocenters. The lowest BCUT2D eigenvalue weighted by atomic mass is 10.2. The van der Waals surface area contributed by atoms with Gasteiger partial charge in [0, 0.05) is 16.7 Å². The summed E-state index contributed by atoms with van der Waals surface area (Å²) in [6.07, 6.45) is 1.68. The number of hydrogen-bond donors (Lipinski definition) is 0. The minimum Gasteiger partial charge on any atom is -0.457 e. The van der Waals surface area contributed by atoms with E-state index in [4.69, 9.17) is 39.8 Å². The van der Waals surface area contributed by atoms with Gasteiger partial charge >= 0.3 is 0 Å². The van der Waals surface area contributed by atoms with E-state index in [0.717, 1.165) is 5.69 Å². The van der Waals surface area contributed by atoms with Gasteiger partial charge in [-0.2, -0.15) is 0 Å². The Bertz CT molecular complexity index is 1080. The number of carbonyl (C=O) groups is 1. The van der Waals surface area contributed by atoms with Crippen molar-refractivity contribution in [3.63, 3.8) is 0 Å². The molecule has 1 aromatic heterocycles. The lowest BCUT2D eigenvalue weighted by Crippen LogP contribution is -2.27. The highest BCUT2D eigenvalue weighted by molar-refractivity contribution is 8.27. The van der Waals surface area contributed by atoms with Crippen LogP contribution in [-0.2, 0) is 4.79 Å². The van der Waals surface area contributed by atoms with Gasteiger partial charge in [0.05, 0.1) is 15.6 Å². The first-order chi connectivity index (χ1) is 13.0. The Morgan fingerprint density at radius 1 is 1.04 bits per heavy atom. The number of thiocarbonyl (C=S) groups is 1. The summed E-state index contributed by atoms with van der Waals surface area (Å²) in [7, 11) is 0.